The standard InChI is InChI=1S/C18H16F3N3O4/c19-18(20,21)17(26)8-15(24-28-17)14-5-3-12(4-6-14)10-23-16(25)27-11-13-2-1-7-22-9-13/h1-9,24,26H,10-11H2,(H,23,25). The van der Waals surface area contributed by atoms with Crippen LogP contribution in [0.2, 0.25) is 0 Å². The van der Waals surface area contributed by atoms with Gasteiger partial charge < -0.3 is 15.2 Å². The molecule has 7 nitrogen and oxygen atoms in total. The van der Waals surface area contributed by atoms with Crippen molar-refractivity contribution in [1.29, 1.82) is 0 Å². The summed E-state index contributed by atoms with van der Waals surface area (Å²) in [7, 11) is 0. The first-order valence-electron chi connectivity index (χ1n) is 8.12. The molecule has 0 saturated carbocycles. The van der Waals surface area contributed by atoms with Crippen LogP contribution in [0.1, 0.15) is 16.7 Å². The van der Waals surface area contributed by atoms with Crippen LogP contribution in [-0.4, -0.2) is 28.1 Å². The highest BCUT2D eigenvalue weighted by Gasteiger charge is 2.57. The first-order valence-corrected chi connectivity index (χ1v) is 8.12. The van der Waals surface area contributed by atoms with Crippen LogP contribution in [0.5, 0.6) is 0 Å². The molecule has 10 heteroatoms. The van der Waals surface area contributed by atoms with E-state index in [4.69, 9.17) is 4.74 Å². The van der Waals surface area contributed by atoms with Gasteiger partial charge in [0.05, 0.1) is 5.70 Å². The molecule has 0 bridgehead atoms. The molecule has 3 N–H and O–H groups in total. The van der Waals surface area contributed by atoms with Crippen molar-refractivity contribution < 1.29 is 32.6 Å². The lowest BCUT2D eigenvalue weighted by atomic mass is 10.1. The maximum atomic E-state index is 12.7. The molecule has 2 heterocycles. The summed E-state index contributed by atoms with van der Waals surface area (Å²) < 4.78 is 43.2. The number of pyridine rings is 1. The number of amides is 1. The summed E-state index contributed by atoms with van der Waals surface area (Å²) in [6.07, 6.45) is -1.84. The SMILES string of the molecule is O=C(NCc1ccc(C2=CC(O)(C(F)(F)F)ON2)cc1)OCc1cccnc1. The third-order valence-corrected chi connectivity index (χ3v) is 3.86. The molecule has 28 heavy (non-hydrogen) atoms. The van der Waals surface area contributed by atoms with E-state index in [9.17, 15) is 23.1 Å². The summed E-state index contributed by atoms with van der Waals surface area (Å²) in [6.45, 7) is 0.252. The van der Waals surface area contributed by atoms with Gasteiger partial charge in [-0.25, -0.2) is 9.63 Å². The number of aromatic nitrogens is 1. The molecule has 3 rings (SSSR count). The minimum absolute atomic E-state index is 0.0183. The Morgan fingerprint density at radius 1 is 1.25 bits per heavy atom. The second-order valence-electron chi connectivity index (χ2n) is 5.94. The fourth-order valence-electron chi connectivity index (χ4n) is 2.33. The third-order valence-electron chi connectivity index (χ3n) is 3.86. The summed E-state index contributed by atoms with van der Waals surface area (Å²) in [6, 6.07) is 9.79. The van der Waals surface area contributed by atoms with Crippen LogP contribution in [-0.2, 0) is 22.7 Å². The number of benzene rings is 1. The second kappa shape index (κ2) is 7.87. The fourth-order valence-corrected chi connectivity index (χ4v) is 2.33. The van der Waals surface area contributed by atoms with Gasteiger partial charge in [0.2, 0.25) is 0 Å². The van der Waals surface area contributed by atoms with E-state index < -0.39 is 18.1 Å². The predicted molar refractivity (Wildman–Crippen MR) is 90.9 cm³/mol. The Labute approximate surface area is 157 Å². The molecule has 0 fully saturated rings. The Morgan fingerprint density at radius 2 is 2.00 bits per heavy atom. The molecule has 0 aliphatic carbocycles. The van der Waals surface area contributed by atoms with Crippen LogP contribution in [0, 0.1) is 0 Å². The van der Waals surface area contributed by atoms with E-state index in [1.165, 1.54) is 12.1 Å². The number of nitrogens with zero attached hydrogens (tertiary/aromatic N) is 1. The molecule has 1 aromatic carbocycles. The number of alkyl halides is 3. The summed E-state index contributed by atoms with van der Waals surface area (Å²) in [5.41, 5.74) is 3.88. The highest BCUT2D eigenvalue weighted by molar-refractivity contribution is 5.68. The van der Waals surface area contributed by atoms with Crippen molar-refractivity contribution in [1.82, 2.24) is 15.8 Å². The molecule has 0 saturated heterocycles. The molecule has 1 aromatic heterocycles. The highest BCUT2D eigenvalue weighted by Crippen LogP contribution is 2.37. The Hall–Kier alpha value is -3.11. The Balaban J connectivity index is 1.52. The summed E-state index contributed by atoms with van der Waals surface area (Å²) in [4.78, 5) is 19.9. The number of nitrogens with one attached hydrogen (secondary N) is 2. The topological polar surface area (TPSA) is 92.7 Å². The number of hydrogen-bond donors (Lipinski definition) is 3. The first-order chi connectivity index (χ1) is 13.3. The normalized spacial score (nSPS) is 18.9. The molecule has 0 radical (unpaired) electrons. The molecule has 1 atom stereocenters. The molecule has 0 spiro atoms. The van der Waals surface area contributed by atoms with E-state index in [1.807, 2.05) is 0 Å². The zero-order valence-corrected chi connectivity index (χ0v) is 14.4. The van der Waals surface area contributed by atoms with E-state index in [0.29, 0.717) is 17.2 Å². The Kier molecular flexibility index (Phi) is 5.52. The summed E-state index contributed by atoms with van der Waals surface area (Å²) >= 11 is 0. The molecule has 1 aliphatic rings. The molecule has 148 valence electrons. The van der Waals surface area contributed by atoms with Crippen LogP contribution in [0.15, 0.2) is 54.9 Å². The average molecular weight is 395 g/mol. The van der Waals surface area contributed by atoms with Gasteiger partial charge in [-0.2, -0.15) is 13.2 Å². The minimum atomic E-state index is -4.97. The van der Waals surface area contributed by atoms with Crippen LogP contribution in [0.25, 0.3) is 5.70 Å². The number of rotatable bonds is 5. The van der Waals surface area contributed by atoms with Crippen molar-refractivity contribution in [3.05, 3.63) is 71.6 Å². The lowest BCUT2D eigenvalue weighted by molar-refractivity contribution is -0.345. The van der Waals surface area contributed by atoms with E-state index in [2.05, 4.69) is 20.6 Å². The van der Waals surface area contributed by atoms with Crippen molar-refractivity contribution in [3.8, 4) is 0 Å². The van der Waals surface area contributed by atoms with Gasteiger partial charge in [-0.1, -0.05) is 30.3 Å². The number of halogens is 3. The van der Waals surface area contributed by atoms with Crippen molar-refractivity contribution in [2.45, 2.75) is 25.1 Å². The van der Waals surface area contributed by atoms with Crippen molar-refractivity contribution in [3.63, 3.8) is 0 Å². The number of carbonyl (C=O) groups excluding carboxylic acids is 1. The molecular weight excluding hydrogens is 379 g/mol. The number of aliphatic hydroxyl groups is 1. The number of ether oxygens (including phenoxy) is 1. The van der Waals surface area contributed by atoms with Gasteiger partial charge in [0.25, 0.3) is 0 Å². The first kappa shape index (κ1) is 19.6. The van der Waals surface area contributed by atoms with Gasteiger partial charge >= 0.3 is 18.1 Å². The van der Waals surface area contributed by atoms with Crippen LogP contribution >= 0.6 is 0 Å². The number of hydrogen-bond acceptors (Lipinski definition) is 6. The van der Waals surface area contributed by atoms with E-state index >= 15 is 0 Å². The third kappa shape index (κ3) is 4.59. The lowest BCUT2D eigenvalue weighted by Crippen LogP contribution is -2.45. The number of carbonyl (C=O) groups is 1. The molecular formula is C18H16F3N3O4. The maximum absolute atomic E-state index is 12.7. The minimum Gasteiger partial charge on any atom is -0.445 e. The quantitative estimate of drug-likeness (QED) is 0.721. The van der Waals surface area contributed by atoms with Gasteiger partial charge in [-0.15, -0.1) is 0 Å². The zero-order valence-electron chi connectivity index (χ0n) is 14.4. The van der Waals surface area contributed by atoms with Crippen LogP contribution in [0.4, 0.5) is 18.0 Å². The Morgan fingerprint density at radius 3 is 2.61 bits per heavy atom. The summed E-state index contributed by atoms with van der Waals surface area (Å²) in [5.74, 6) is -3.37. The average Bonchev–Trinajstić information content (AvgIpc) is 3.09. The maximum Gasteiger partial charge on any atom is 0.449 e. The van der Waals surface area contributed by atoms with Gasteiger partial charge in [0, 0.05) is 30.6 Å². The van der Waals surface area contributed by atoms with Crippen LogP contribution in [0.3, 0.4) is 0 Å². The second-order valence-corrected chi connectivity index (χ2v) is 5.94. The van der Waals surface area contributed by atoms with Gasteiger partial charge in [-0.05, 0) is 17.2 Å². The van der Waals surface area contributed by atoms with Gasteiger partial charge in [-0.3, -0.25) is 10.5 Å². The van der Waals surface area contributed by atoms with Crippen LogP contribution < -0.4 is 10.8 Å². The summed E-state index contributed by atoms with van der Waals surface area (Å²) in [5, 5.41) is 12.0. The van der Waals surface area contributed by atoms with Crippen molar-refractivity contribution in [2.75, 3.05) is 0 Å². The monoisotopic (exact) mass is 395 g/mol. The number of hydroxylamine groups is 1. The highest BCUT2D eigenvalue weighted by atomic mass is 19.4. The molecule has 1 aliphatic heterocycles. The Bertz CT molecular complexity index is 857. The van der Waals surface area contributed by atoms with Crippen molar-refractivity contribution >= 4 is 11.8 Å². The van der Waals surface area contributed by atoms with Crippen molar-refractivity contribution in [2.24, 2.45) is 0 Å². The lowest BCUT2D eigenvalue weighted by Gasteiger charge is -2.21. The smallest absolute Gasteiger partial charge is 0.445 e. The largest absolute Gasteiger partial charge is 0.449 e. The fraction of sp³-hybridized carbons (Fsp3) is 0.222. The van der Waals surface area contributed by atoms with Gasteiger partial charge in [0.15, 0.2) is 0 Å². The van der Waals surface area contributed by atoms with E-state index in [-0.39, 0.29) is 18.8 Å². The van der Waals surface area contributed by atoms with E-state index in [1.54, 1.807) is 36.7 Å². The van der Waals surface area contributed by atoms with Gasteiger partial charge in [0.1, 0.15) is 6.61 Å². The van der Waals surface area contributed by atoms with E-state index in [0.717, 1.165) is 5.56 Å². The molecule has 2 aromatic rings. The zero-order chi connectivity index (χ0) is 20.2. The predicted octanol–water partition coefficient (Wildman–Crippen LogP) is 2.63. The molecule has 1 unspecified atom stereocenters. The molecule has 1 amide bonds. The number of alkyl carbamates (subject to hydrolysis) is 1.